The number of amides is 1. The molecule has 2 unspecified atom stereocenters. The van der Waals surface area contributed by atoms with Crippen molar-refractivity contribution in [1.29, 1.82) is 0 Å². The molecular formula is C30H39N5O4. The first-order valence-corrected chi connectivity index (χ1v) is 14.1. The Morgan fingerprint density at radius 3 is 2.77 bits per heavy atom. The highest BCUT2D eigenvalue weighted by Gasteiger charge is 2.22. The Morgan fingerprint density at radius 2 is 2.00 bits per heavy atom. The number of aliphatic hydroxyl groups excluding tert-OH is 1. The van der Waals surface area contributed by atoms with E-state index in [9.17, 15) is 9.90 Å². The zero-order chi connectivity index (χ0) is 27.0. The molecule has 2 atom stereocenters. The average molecular weight is 534 g/mol. The molecule has 9 heteroatoms. The van der Waals surface area contributed by atoms with Gasteiger partial charge in [0.2, 0.25) is 5.91 Å². The molecule has 2 heterocycles. The van der Waals surface area contributed by atoms with Crippen LogP contribution in [0.3, 0.4) is 0 Å². The minimum Gasteiger partial charge on any atom is -0.491 e. The van der Waals surface area contributed by atoms with Crippen molar-refractivity contribution in [2.24, 2.45) is 16.9 Å². The van der Waals surface area contributed by atoms with Crippen molar-refractivity contribution < 1.29 is 19.4 Å². The molecule has 2 aromatic carbocycles. The van der Waals surface area contributed by atoms with Gasteiger partial charge in [-0.1, -0.05) is 31.5 Å². The molecule has 39 heavy (non-hydrogen) atoms. The summed E-state index contributed by atoms with van der Waals surface area (Å²) in [5.74, 6) is 2.43. The Labute approximate surface area is 229 Å². The number of nitrogens with one attached hydrogen (secondary N) is 3. The van der Waals surface area contributed by atoms with Crippen LogP contribution in [0, 0.1) is 11.8 Å². The van der Waals surface area contributed by atoms with E-state index in [-0.39, 0.29) is 18.4 Å². The smallest absolute Gasteiger partial charge is 0.240 e. The van der Waals surface area contributed by atoms with E-state index in [1.807, 2.05) is 37.3 Å². The third-order valence-corrected chi connectivity index (χ3v) is 7.48. The van der Waals surface area contributed by atoms with Crippen LogP contribution in [0.2, 0.25) is 0 Å². The zero-order valence-electron chi connectivity index (χ0n) is 22.6. The molecule has 1 saturated carbocycles. The van der Waals surface area contributed by atoms with Crippen LogP contribution in [0.1, 0.15) is 49.6 Å². The van der Waals surface area contributed by atoms with Crippen molar-refractivity contribution in [2.75, 3.05) is 32.9 Å². The maximum Gasteiger partial charge on any atom is 0.240 e. The third-order valence-electron chi connectivity index (χ3n) is 7.48. The third kappa shape index (κ3) is 7.65. The van der Waals surface area contributed by atoms with Gasteiger partial charge in [-0.05, 0) is 55.0 Å². The van der Waals surface area contributed by atoms with Crippen LogP contribution in [0.25, 0.3) is 11.0 Å². The van der Waals surface area contributed by atoms with Crippen LogP contribution in [-0.2, 0) is 22.4 Å². The second-order valence-electron chi connectivity index (χ2n) is 10.7. The van der Waals surface area contributed by atoms with Crippen LogP contribution >= 0.6 is 0 Å². The van der Waals surface area contributed by atoms with Crippen molar-refractivity contribution >= 4 is 22.7 Å². The van der Waals surface area contributed by atoms with Gasteiger partial charge in [-0.3, -0.25) is 4.79 Å². The highest BCUT2D eigenvalue weighted by Crippen LogP contribution is 2.26. The first-order valence-electron chi connectivity index (χ1n) is 14.1. The van der Waals surface area contributed by atoms with Gasteiger partial charge in [0.15, 0.2) is 0 Å². The Hall–Kier alpha value is -3.27. The average Bonchev–Trinajstić information content (AvgIpc) is 3.31. The number of fused-ring (bicyclic) bond motifs is 1. The number of carbonyl (C=O) groups excluding carboxylic acids is 1. The molecule has 2 aliphatic rings. The molecule has 1 aliphatic carbocycles. The molecule has 208 valence electrons. The SMILES string of the molecule is CC1CC(=O)NN=C1c1ccc2nc(CCNCC(O)COc3ccc(CCOCC4CCC4)cc3)[nH]c2c1. The summed E-state index contributed by atoms with van der Waals surface area (Å²) in [6, 6.07) is 14.0. The fourth-order valence-corrected chi connectivity index (χ4v) is 4.92. The van der Waals surface area contributed by atoms with Crippen molar-refractivity contribution in [3.63, 3.8) is 0 Å². The summed E-state index contributed by atoms with van der Waals surface area (Å²) in [5.41, 5.74) is 7.49. The lowest BCUT2D eigenvalue weighted by atomic mass is 9.86. The molecular weight excluding hydrogens is 494 g/mol. The van der Waals surface area contributed by atoms with Crippen molar-refractivity contribution in [2.45, 2.75) is 51.6 Å². The van der Waals surface area contributed by atoms with Gasteiger partial charge in [0.05, 0.1) is 23.4 Å². The van der Waals surface area contributed by atoms with E-state index >= 15 is 0 Å². The fraction of sp³-hybridized carbons (Fsp3) is 0.500. The minimum absolute atomic E-state index is 0.0509. The first kappa shape index (κ1) is 27.3. The maximum absolute atomic E-state index is 11.5. The van der Waals surface area contributed by atoms with Gasteiger partial charge in [-0.15, -0.1) is 0 Å². The van der Waals surface area contributed by atoms with E-state index in [1.54, 1.807) is 0 Å². The fourth-order valence-electron chi connectivity index (χ4n) is 4.92. The second kappa shape index (κ2) is 13.2. The largest absolute Gasteiger partial charge is 0.491 e. The Bertz CT molecular complexity index is 1270. The standard InChI is InChI=1S/C30H39N5O4/c1-20-15-29(37)34-35-30(20)23-7-10-26-27(16-23)33-28(32-26)11-13-31-17-24(36)19-39-25-8-5-21(6-9-25)12-14-38-18-22-3-2-4-22/h5-10,16,20,22,24,31,36H,2-4,11-15,17-19H2,1H3,(H,32,33)(H,34,37). The molecule has 1 aromatic heterocycles. The van der Waals surface area contributed by atoms with Gasteiger partial charge >= 0.3 is 0 Å². The number of rotatable bonds is 14. The summed E-state index contributed by atoms with van der Waals surface area (Å²) in [6.45, 7) is 5.00. The number of aromatic nitrogens is 2. The molecule has 0 saturated heterocycles. The summed E-state index contributed by atoms with van der Waals surface area (Å²) < 4.78 is 11.5. The molecule has 1 amide bonds. The van der Waals surface area contributed by atoms with E-state index in [0.717, 1.165) is 59.4 Å². The lowest BCUT2D eigenvalue weighted by Crippen LogP contribution is -2.32. The van der Waals surface area contributed by atoms with E-state index in [0.29, 0.717) is 25.9 Å². The van der Waals surface area contributed by atoms with Crippen LogP contribution < -0.4 is 15.5 Å². The summed E-state index contributed by atoms with van der Waals surface area (Å²) in [5, 5.41) is 17.8. The van der Waals surface area contributed by atoms with E-state index in [4.69, 9.17) is 9.47 Å². The number of hydrazone groups is 1. The molecule has 4 N–H and O–H groups in total. The monoisotopic (exact) mass is 533 g/mol. The van der Waals surface area contributed by atoms with Gasteiger partial charge < -0.3 is 24.9 Å². The zero-order valence-corrected chi connectivity index (χ0v) is 22.6. The van der Waals surface area contributed by atoms with E-state index < -0.39 is 6.10 Å². The minimum atomic E-state index is -0.610. The number of imidazole rings is 1. The van der Waals surface area contributed by atoms with Crippen molar-refractivity contribution in [3.05, 3.63) is 59.4 Å². The van der Waals surface area contributed by atoms with Gasteiger partial charge in [0.25, 0.3) is 0 Å². The molecule has 0 spiro atoms. The summed E-state index contributed by atoms with van der Waals surface area (Å²) in [6.07, 6.45) is 5.42. The maximum atomic E-state index is 11.5. The molecule has 3 aromatic rings. The highest BCUT2D eigenvalue weighted by atomic mass is 16.5. The van der Waals surface area contributed by atoms with Gasteiger partial charge in [-0.25, -0.2) is 10.4 Å². The Morgan fingerprint density at radius 1 is 1.15 bits per heavy atom. The molecule has 5 rings (SSSR count). The Kier molecular flexibility index (Phi) is 9.23. The Balaban J connectivity index is 0.992. The number of aliphatic hydroxyl groups is 1. The van der Waals surface area contributed by atoms with Gasteiger partial charge in [-0.2, -0.15) is 5.10 Å². The summed E-state index contributed by atoms with van der Waals surface area (Å²) >= 11 is 0. The van der Waals surface area contributed by atoms with Crippen molar-refractivity contribution in [1.82, 2.24) is 20.7 Å². The number of aromatic amines is 1. The molecule has 1 fully saturated rings. The predicted molar refractivity (Wildman–Crippen MR) is 151 cm³/mol. The molecule has 0 bridgehead atoms. The van der Waals surface area contributed by atoms with E-state index in [1.165, 1.54) is 24.8 Å². The summed E-state index contributed by atoms with van der Waals surface area (Å²) in [7, 11) is 0. The number of hydrogen-bond donors (Lipinski definition) is 4. The van der Waals surface area contributed by atoms with Crippen LogP contribution in [-0.4, -0.2) is 65.7 Å². The number of H-pyrrole nitrogens is 1. The number of benzene rings is 2. The topological polar surface area (TPSA) is 121 Å². The van der Waals surface area contributed by atoms with Gasteiger partial charge in [0.1, 0.15) is 24.3 Å². The lowest BCUT2D eigenvalue weighted by Gasteiger charge is -2.24. The number of carbonyl (C=O) groups is 1. The highest BCUT2D eigenvalue weighted by molar-refractivity contribution is 6.07. The molecule has 0 radical (unpaired) electrons. The predicted octanol–water partition coefficient (Wildman–Crippen LogP) is 3.35. The van der Waals surface area contributed by atoms with Crippen LogP contribution in [0.5, 0.6) is 5.75 Å². The quantitative estimate of drug-likeness (QED) is 0.236. The lowest BCUT2D eigenvalue weighted by molar-refractivity contribution is -0.121. The normalized spacial score (nSPS) is 18.5. The van der Waals surface area contributed by atoms with Gasteiger partial charge in [0, 0.05) is 44.0 Å². The number of ether oxygens (including phenoxy) is 2. The number of nitrogens with zero attached hydrogens (tertiary/aromatic N) is 2. The van der Waals surface area contributed by atoms with Crippen LogP contribution in [0.4, 0.5) is 0 Å². The number of hydrogen-bond acceptors (Lipinski definition) is 7. The first-order chi connectivity index (χ1) is 19.0. The second-order valence-corrected chi connectivity index (χ2v) is 10.7. The van der Waals surface area contributed by atoms with E-state index in [2.05, 4.69) is 37.9 Å². The molecule has 1 aliphatic heterocycles. The molecule has 9 nitrogen and oxygen atoms in total. The van der Waals surface area contributed by atoms with Crippen molar-refractivity contribution in [3.8, 4) is 5.75 Å². The van der Waals surface area contributed by atoms with Crippen LogP contribution in [0.15, 0.2) is 47.6 Å². The summed E-state index contributed by atoms with van der Waals surface area (Å²) in [4.78, 5) is 19.6.